The predicted molar refractivity (Wildman–Crippen MR) is 71.3 cm³/mol. The van der Waals surface area contributed by atoms with Crippen molar-refractivity contribution in [1.29, 1.82) is 0 Å². The van der Waals surface area contributed by atoms with E-state index in [1.807, 2.05) is 31.2 Å². The zero-order chi connectivity index (χ0) is 10.7. The molecular formula is C11H15ClN2OS. The lowest BCUT2D eigenvalue weighted by Gasteiger charge is -2.11. The quantitative estimate of drug-likeness (QED) is 0.853. The Morgan fingerprint density at radius 2 is 2.25 bits per heavy atom. The average Bonchev–Trinajstić information content (AvgIpc) is 2.74. The smallest absolute Gasteiger partial charge is 0.242 e. The lowest BCUT2D eigenvalue weighted by molar-refractivity contribution is -0.117. The molecule has 16 heavy (non-hydrogen) atoms. The molecule has 0 radical (unpaired) electrons. The normalized spacial score (nSPS) is 18.9. The van der Waals surface area contributed by atoms with Crippen LogP contribution in [0.1, 0.15) is 5.56 Å². The van der Waals surface area contributed by atoms with Gasteiger partial charge >= 0.3 is 0 Å². The lowest BCUT2D eigenvalue weighted by Crippen LogP contribution is -2.37. The summed E-state index contributed by atoms with van der Waals surface area (Å²) in [4.78, 5) is 11.8. The van der Waals surface area contributed by atoms with Crippen LogP contribution in [0.2, 0.25) is 0 Å². The van der Waals surface area contributed by atoms with Gasteiger partial charge in [0, 0.05) is 17.3 Å². The molecule has 5 heteroatoms. The Morgan fingerprint density at radius 3 is 2.88 bits per heavy atom. The van der Waals surface area contributed by atoms with Gasteiger partial charge < -0.3 is 5.32 Å². The zero-order valence-corrected chi connectivity index (χ0v) is 10.7. The Hall–Kier alpha value is -0.710. The minimum atomic E-state index is -0.0467. The lowest BCUT2D eigenvalue weighted by atomic mass is 10.2. The minimum absolute atomic E-state index is 0. The van der Waals surface area contributed by atoms with E-state index in [0.717, 1.165) is 22.9 Å². The highest BCUT2D eigenvalue weighted by Gasteiger charge is 2.22. The summed E-state index contributed by atoms with van der Waals surface area (Å²) in [6, 6.07) is 7.77. The highest BCUT2D eigenvalue weighted by Crippen LogP contribution is 2.15. The maximum absolute atomic E-state index is 11.8. The molecule has 1 fully saturated rings. The van der Waals surface area contributed by atoms with Gasteiger partial charge in [0.05, 0.1) is 6.04 Å². The third kappa shape index (κ3) is 3.14. The molecule has 0 bridgehead atoms. The molecule has 0 aliphatic carbocycles. The van der Waals surface area contributed by atoms with E-state index < -0.39 is 0 Å². The van der Waals surface area contributed by atoms with Crippen LogP contribution in [0, 0.1) is 6.92 Å². The molecule has 0 spiro atoms. The maximum Gasteiger partial charge on any atom is 0.242 e. The van der Waals surface area contributed by atoms with Gasteiger partial charge in [0.1, 0.15) is 0 Å². The highest BCUT2D eigenvalue weighted by atomic mass is 35.5. The van der Waals surface area contributed by atoms with E-state index in [1.165, 1.54) is 0 Å². The van der Waals surface area contributed by atoms with E-state index in [4.69, 9.17) is 0 Å². The van der Waals surface area contributed by atoms with Crippen LogP contribution in [0.4, 0.5) is 5.69 Å². The number of hydrogen-bond donors (Lipinski definition) is 2. The van der Waals surface area contributed by atoms with Crippen molar-refractivity contribution in [1.82, 2.24) is 5.32 Å². The van der Waals surface area contributed by atoms with Gasteiger partial charge in [-0.05, 0) is 18.6 Å². The van der Waals surface area contributed by atoms with Gasteiger partial charge in [0.2, 0.25) is 5.91 Å². The predicted octanol–water partition coefficient (Wildman–Crippen LogP) is 2.02. The van der Waals surface area contributed by atoms with Crippen molar-refractivity contribution in [2.24, 2.45) is 0 Å². The van der Waals surface area contributed by atoms with Crippen LogP contribution in [0.3, 0.4) is 0 Å². The number of rotatable bonds is 2. The Bertz CT molecular complexity index is 367. The van der Waals surface area contributed by atoms with Crippen molar-refractivity contribution < 1.29 is 4.79 Å². The van der Waals surface area contributed by atoms with Crippen LogP contribution in [-0.4, -0.2) is 23.6 Å². The van der Waals surface area contributed by atoms with Crippen LogP contribution in [-0.2, 0) is 4.79 Å². The minimum Gasteiger partial charge on any atom is -0.324 e. The molecule has 3 nitrogen and oxygen atoms in total. The molecule has 0 aromatic heterocycles. The number of hydrogen-bond acceptors (Lipinski definition) is 3. The summed E-state index contributed by atoms with van der Waals surface area (Å²) in [6.45, 7) is 1.99. The van der Waals surface area contributed by atoms with Crippen LogP contribution >= 0.6 is 24.2 Å². The largest absolute Gasteiger partial charge is 0.324 e. The SMILES string of the molecule is Cc1ccccc1NC(=O)C1CSCN1.Cl. The monoisotopic (exact) mass is 258 g/mol. The average molecular weight is 259 g/mol. The first kappa shape index (κ1) is 13.4. The van der Waals surface area contributed by atoms with E-state index in [2.05, 4.69) is 10.6 Å². The number of carbonyl (C=O) groups excluding carboxylic acids is 1. The van der Waals surface area contributed by atoms with Gasteiger partial charge in [0.25, 0.3) is 0 Å². The number of benzene rings is 1. The zero-order valence-electron chi connectivity index (χ0n) is 9.03. The van der Waals surface area contributed by atoms with Crippen molar-refractivity contribution >= 4 is 35.8 Å². The number of carbonyl (C=O) groups is 1. The molecule has 1 amide bonds. The molecular weight excluding hydrogens is 244 g/mol. The highest BCUT2D eigenvalue weighted by molar-refractivity contribution is 7.99. The fourth-order valence-corrected chi connectivity index (χ4v) is 2.44. The van der Waals surface area contributed by atoms with Gasteiger partial charge in [-0.1, -0.05) is 18.2 Å². The topological polar surface area (TPSA) is 41.1 Å². The van der Waals surface area contributed by atoms with E-state index in [1.54, 1.807) is 11.8 Å². The van der Waals surface area contributed by atoms with Gasteiger partial charge in [0.15, 0.2) is 0 Å². The first-order valence-electron chi connectivity index (χ1n) is 4.95. The van der Waals surface area contributed by atoms with Crippen LogP contribution in [0.15, 0.2) is 24.3 Å². The molecule has 1 aromatic rings. The van der Waals surface area contributed by atoms with Gasteiger partial charge in [-0.2, -0.15) is 0 Å². The summed E-state index contributed by atoms with van der Waals surface area (Å²) in [6.07, 6.45) is 0. The molecule has 1 aliphatic rings. The van der Waals surface area contributed by atoms with Gasteiger partial charge in [-0.25, -0.2) is 0 Å². The second-order valence-corrected chi connectivity index (χ2v) is 4.61. The Kier molecular flexibility index (Phi) is 5.12. The summed E-state index contributed by atoms with van der Waals surface area (Å²) < 4.78 is 0. The number of halogens is 1. The summed E-state index contributed by atoms with van der Waals surface area (Å²) in [5.74, 6) is 1.79. The Morgan fingerprint density at radius 1 is 1.50 bits per heavy atom. The fourth-order valence-electron chi connectivity index (χ4n) is 1.50. The summed E-state index contributed by atoms with van der Waals surface area (Å²) in [5.41, 5.74) is 2.00. The molecule has 1 aromatic carbocycles. The molecule has 1 atom stereocenters. The molecule has 1 aliphatic heterocycles. The number of anilines is 1. The van der Waals surface area contributed by atoms with E-state index in [0.29, 0.717) is 0 Å². The van der Waals surface area contributed by atoms with Crippen molar-refractivity contribution in [3.05, 3.63) is 29.8 Å². The van der Waals surface area contributed by atoms with Gasteiger partial charge in [-0.15, -0.1) is 24.2 Å². The third-order valence-electron chi connectivity index (χ3n) is 2.44. The molecule has 2 N–H and O–H groups in total. The summed E-state index contributed by atoms with van der Waals surface area (Å²) in [5, 5.41) is 6.08. The molecule has 1 heterocycles. The van der Waals surface area contributed by atoms with Crippen LogP contribution in [0.25, 0.3) is 0 Å². The van der Waals surface area contributed by atoms with Crippen molar-refractivity contribution in [2.75, 3.05) is 16.9 Å². The first-order valence-corrected chi connectivity index (χ1v) is 6.10. The van der Waals surface area contributed by atoms with Crippen molar-refractivity contribution in [3.8, 4) is 0 Å². The maximum atomic E-state index is 11.8. The second-order valence-electron chi connectivity index (χ2n) is 3.58. The molecule has 1 unspecified atom stereocenters. The van der Waals surface area contributed by atoms with Crippen LogP contribution in [0.5, 0.6) is 0 Å². The van der Waals surface area contributed by atoms with E-state index in [9.17, 15) is 4.79 Å². The van der Waals surface area contributed by atoms with E-state index >= 15 is 0 Å². The van der Waals surface area contributed by atoms with Gasteiger partial charge in [-0.3, -0.25) is 10.1 Å². The Balaban J connectivity index is 0.00000128. The molecule has 0 saturated carbocycles. The van der Waals surface area contributed by atoms with Crippen molar-refractivity contribution in [3.63, 3.8) is 0 Å². The van der Waals surface area contributed by atoms with Crippen molar-refractivity contribution in [2.45, 2.75) is 13.0 Å². The summed E-state index contributed by atoms with van der Waals surface area (Å²) in [7, 11) is 0. The van der Waals surface area contributed by atoms with Crippen LogP contribution < -0.4 is 10.6 Å². The molecule has 88 valence electrons. The number of aryl methyl sites for hydroxylation is 1. The fraction of sp³-hybridized carbons (Fsp3) is 0.364. The van der Waals surface area contributed by atoms with E-state index in [-0.39, 0.29) is 24.4 Å². The standard InChI is InChI=1S/C11H14N2OS.ClH/c1-8-4-2-3-5-9(8)13-11(14)10-6-15-7-12-10;/h2-5,10,12H,6-7H2,1H3,(H,13,14);1H. The number of para-hydroxylation sites is 1. The molecule has 1 saturated heterocycles. The Labute approximate surface area is 106 Å². The molecule has 2 rings (SSSR count). The third-order valence-corrected chi connectivity index (χ3v) is 3.38. The number of nitrogens with one attached hydrogen (secondary N) is 2. The first-order chi connectivity index (χ1) is 7.27. The number of thioether (sulfide) groups is 1. The second kappa shape index (κ2) is 6.13. The number of amides is 1. The summed E-state index contributed by atoms with van der Waals surface area (Å²) >= 11 is 1.75.